The molecule has 1 aliphatic heterocycles. The van der Waals surface area contributed by atoms with Crippen LogP contribution in [-0.4, -0.2) is 96.0 Å². The van der Waals surface area contributed by atoms with E-state index in [1.165, 1.54) is 19.3 Å². The number of unbranched alkanes of at least 4 members (excludes halogenated alkanes) is 11. The highest BCUT2D eigenvalue weighted by molar-refractivity contribution is 7.85. The van der Waals surface area contributed by atoms with Gasteiger partial charge in [0, 0.05) is 12.8 Å². The first-order chi connectivity index (χ1) is 30.0. The van der Waals surface area contributed by atoms with Gasteiger partial charge in [0.25, 0.3) is 10.1 Å². The second-order valence-corrected chi connectivity index (χ2v) is 17.2. The Morgan fingerprint density at radius 1 is 0.565 bits per heavy atom. The number of ether oxygens (including phenoxy) is 4. The molecule has 1 rings (SSSR count). The highest BCUT2D eigenvalue weighted by atomic mass is 32.2. The highest BCUT2D eigenvalue weighted by Crippen LogP contribution is 2.24. The van der Waals surface area contributed by atoms with Crippen LogP contribution in [0.1, 0.15) is 155 Å². The van der Waals surface area contributed by atoms with Crippen LogP contribution in [-0.2, 0) is 38.7 Å². The van der Waals surface area contributed by atoms with Gasteiger partial charge in [-0.25, -0.2) is 0 Å². The summed E-state index contributed by atoms with van der Waals surface area (Å²) in [5, 5.41) is 30.9. The minimum atomic E-state index is -4.61. The van der Waals surface area contributed by atoms with Crippen molar-refractivity contribution in [2.45, 2.75) is 192 Å². The van der Waals surface area contributed by atoms with E-state index in [4.69, 9.17) is 18.9 Å². The standard InChI is InChI=1S/C49H80O12S/c1-3-5-7-9-11-13-15-17-19-20-21-22-24-26-28-30-32-34-36-38-45(51)60-42(40-59-49-48(54)47(53)46(52)43(61-49)41-62(55,56)57)39-58-44(50)37-35-33-31-29-27-25-23-18-16-14-12-10-8-6-4-2/h6,8,11-14,17-19,21-23,26,28,42-43,46-49,52-54H,3-5,7,9-10,15-16,20,24-25,27,29-41H2,1-2H3,(H,55,56,57)/b8-6+,13-11+,14-12+,19-17+,22-21+,23-18+,28-26+/t42-,43-,46-,47?,48?,49+/m1/s1. The van der Waals surface area contributed by atoms with Crippen LogP contribution in [0.15, 0.2) is 85.1 Å². The maximum Gasteiger partial charge on any atom is 0.306 e. The fraction of sp³-hybridized carbons (Fsp3) is 0.673. The van der Waals surface area contributed by atoms with Crippen molar-refractivity contribution in [3.63, 3.8) is 0 Å². The molecule has 1 fully saturated rings. The Labute approximate surface area is 373 Å². The van der Waals surface area contributed by atoms with Gasteiger partial charge in [-0.2, -0.15) is 8.42 Å². The van der Waals surface area contributed by atoms with Crippen molar-refractivity contribution in [3.8, 4) is 0 Å². The molecule has 0 aromatic rings. The Morgan fingerprint density at radius 2 is 1.02 bits per heavy atom. The molecule has 0 aromatic heterocycles. The molecule has 0 aromatic carbocycles. The lowest BCUT2D eigenvalue weighted by Gasteiger charge is -2.40. The van der Waals surface area contributed by atoms with Gasteiger partial charge < -0.3 is 34.3 Å². The van der Waals surface area contributed by atoms with Crippen molar-refractivity contribution in [2.75, 3.05) is 19.0 Å². The molecule has 1 aliphatic rings. The Bertz CT molecular complexity index is 1460. The number of rotatable bonds is 37. The molecular weight excluding hydrogens is 813 g/mol. The molecule has 13 heteroatoms. The van der Waals surface area contributed by atoms with Crippen LogP contribution in [0.3, 0.4) is 0 Å². The Balaban J connectivity index is 2.48. The molecule has 0 amide bonds. The van der Waals surface area contributed by atoms with Gasteiger partial charge in [-0.05, 0) is 89.9 Å². The second-order valence-electron chi connectivity index (χ2n) is 15.7. The summed E-state index contributed by atoms with van der Waals surface area (Å²) in [5.41, 5.74) is 0. The van der Waals surface area contributed by atoms with Crippen LogP contribution in [0.2, 0.25) is 0 Å². The Hall–Kier alpha value is -3.17. The first-order valence-corrected chi connectivity index (χ1v) is 24.8. The van der Waals surface area contributed by atoms with Gasteiger partial charge in [0.2, 0.25) is 0 Å². The lowest BCUT2D eigenvalue weighted by atomic mass is 10.00. The minimum absolute atomic E-state index is 0.118. The van der Waals surface area contributed by atoms with Gasteiger partial charge in [-0.1, -0.05) is 137 Å². The zero-order valence-electron chi connectivity index (χ0n) is 37.7. The van der Waals surface area contributed by atoms with E-state index in [1.807, 2.05) is 0 Å². The zero-order valence-corrected chi connectivity index (χ0v) is 38.5. The third kappa shape index (κ3) is 32.5. The van der Waals surface area contributed by atoms with Crippen LogP contribution in [0.25, 0.3) is 0 Å². The SMILES string of the molecule is CC/C=C/C/C=C/C/C=C/CCCCCCCC(=O)OC[C@H](CO[C@H]1O[C@H](CS(=O)(=O)O)[C@@H](O)C(O)C1O)OC(=O)CCCCC/C=C/C/C=C/C/C=C/C/C=C/CCCCC. The second kappa shape index (κ2) is 38.3. The molecule has 62 heavy (non-hydrogen) atoms. The summed E-state index contributed by atoms with van der Waals surface area (Å²) >= 11 is 0. The van der Waals surface area contributed by atoms with E-state index in [2.05, 4.69) is 98.9 Å². The maximum absolute atomic E-state index is 12.8. The van der Waals surface area contributed by atoms with Gasteiger partial charge in [0.15, 0.2) is 12.4 Å². The Kier molecular flexibility index (Phi) is 35.1. The number of hydrogen-bond acceptors (Lipinski definition) is 11. The molecule has 6 atom stereocenters. The lowest BCUT2D eigenvalue weighted by Crippen LogP contribution is -2.60. The average Bonchev–Trinajstić information content (AvgIpc) is 3.24. The van der Waals surface area contributed by atoms with E-state index in [0.717, 1.165) is 96.3 Å². The van der Waals surface area contributed by atoms with Crippen molar-refractivity contribution >= 4 is 22.1 Å². The van der Waals surface area contributed by atoms with E-state index in [0.29, 0.717) is 12.8 Å². The van der Waals surface area contributed by atoms with Crippen molar-refractivity contribution in [3.05, 3.63) is 85.1 Å². The highest BCUT2D eigenvalue weighted by Gasteiger charge is 2.46. The zero-order chi connectivity index (χ0) is 45.5. The van der Waals surface area contributed by atoms with Crippen LogP contribution < -0.4 is 0 Å². The predicted molar refractivity (Wildman–Crippen MR) is 247 cm³/mol. The van der Waals surface area contributed by atoms with Gasteiger partial charge >= 0.3 is 11.9 Å². The number of allylic oxidation sites excluding steroid dienone is 14. The molecule has 4 N–H and O–H groups in total. The summed E-state index contributed by atoms with van der Waals surface area (Å²) in [4.78, 5) is 25.4. The molecule has 0 spiro atoms. The first-order valence-electron chi connectivity index (χ1n) is 23.1. The molecule has 2 unspecified atom stereocenters. The van der Waals surface area contributed by atoms with E-state index in [1.54, 1.807) is 0 Å². The smallest absolute Gasteiger partial charge is 0.306 e. The molecule has 0 aliphatic carbocycles. The molecule has 0 bridgehead atoms. The molecule has 354 valence electrons. The van der Waals surface area contributed by atoms with Crippen LogP contribution >= 0.6 is 0 Å². The summed E-state index contributed by atoms with van der Waals surface area (Å²) in [7, 11) is -4.61. The van der Waals surface area contributed by atoms with Crippen molar-refractivity contribution in [2.24, 2.45) is 0 Å². The van der Waals surface area contributed by atoms with Crippen molar-refractivity contribution in [1.29, 1.82) is 0 Å². The van der Waals surface area contributed by atoms with Gasteiger partial charge in [0.1, 0.15) is 36.8 Å². The van der Waals surface area contributed by atoms with Gasteiger partial charge in [0.05, 0.1) is 6.61 Å². The topological polar surface area (TPSA) is 186 Å². The van der Waals surface area contributed by atoms with Crippen molar-refractivity contribution in [1.82, 2.24) is 0 Å². The maximum atomic E-state index is 12.8. The third-order valence-electron chi connectivity index (χ3n) is 9.96. The molecular formula is C49H80O12S. The van der Waals surface area contributed by atoms with Crippen LogP contribution in [0.4, 0.5) is 0 Å². The minimum Gasteiger partial charge on any atom is -0.462 e. The summed E-state index contributed by atoms with van der Waals surface area (Å²) < 4.78 is 54.0. The molecule has 0 radical (unpaired) electrons. The fourth-order valence-electron chi connectivity index (χ4n) is 6.38. The summed E-state index contributed by atoms with van der Waals surface area (Å²) in [6.45, 7) is 3.57. The molecule has 12 nitrogen and oxygen atoms in total. The number of hydrogen-bond donors (Lipinski definition) is 4. The summed E-state index contributed by atoms with van der Waals surface area (Å²) in [5.74, 6) is -2.06. The van der Waals surface area contributed by atoms with Gasteiger partial charge in [-0.3, -0.25) is 14.1 Å². The number of aliphatic hydroxyl groups is 3. The largest absolute Gasteiger partial charge is 0.462 e. The monoisotopic (exact) mass is 893 g/mol. The normalized spacial score (nSPS) is 20.6. The fourth-order valence-corrected chi connectivity index (χ4v) is 7.07. The molecule has 1 heterocycles. The number of carbonyl (C=O) groups is 2. The van der Waals surface area contributed by atoms with E-state index in [-0.39, 0.29) is 19.4 Å². The van der Waals surface area contributed by atoms with Crippen molar-refractivity contribution < 1.29 is 56.8 Å². The third-order valence-corrected chi connectivity index (χ3v) is 10.7. The lowest BCUT2D eigenvalue weighted by molar-refractivity contribution is -0.297. The number of aliphatic hydroxyl groups excluding tert-OH is 3. The van der Waals surface area contributed by atoms with E-state index >= 15 is 0 Å². The number of esters is 2. The molecule has 1 saturated heterocycles. The first kappa shape index (κ1) is 56.8. The van der Waals surface area contributed by atoms with E-state index in [9.17, 15) is 37.9 Å². The summed E-state index contributed by atoms with van der Waals surface area (Å²) in [6.07, 6.45) is 40.5. The van der Waals surface area contributed by atoms with Gasteiger partial charge in [-0.15, -0.1) is 0 Å². The van der Waals surface area contributed by atoms with E-state index < -0.39 is 71.2 Å². The molecule has 0 saturated carbocycles. The number of carbonyl (C=O) groups excluding carboxylic acids is 2. The average molecular weight is 893 g/mol. The summed E-state index contributed by atoms with van der Waals surface area (Å²) in [6, 6.07) is 0. The quantitative estimate of drug-likeness (QED) is 0.0201. The van der Waals surface area contributed by atoms with Crippen LogP contribution in [0, 0.1) is 0 Å². The predicted octanol–water partition coefficient (Wildman–Crippen LogP) is 9.67. The Morgan fingerprint density at radius 3 is 1.53 bits per heavy atom. The van der Waals surface area contributed by atoms with Crippen LogP contribution in [0.5, 0.6) is 0 Å².